The van der Waals surface area contributed by atoms with Gasteiger partial charge in [0.05, 0.1) is 9.90 Å². The Morgan fingerprint density at radius 3 is 2.40 bits per heavy atom. The molecule has 0 unspecified atom stereocenters. The molecular formula is C20H14Cl2O2S. The lowest BCUT2D eigenvalue weighted by Gasteiger charge is -2.06. The van der Waals surface area contributed by atoms with Crippen molar-refractivity contribution in [2.24, 2.45) is 0 Å². The normalized spacial score (nSPS) is 11.0. The summed E-state index contributed by atoms with van der Waals surface area (Å²) in [6.07, 6.45) is 3.23. The number of benzene rings is 2. The Hall–Kier alpha value is -2.07. The van der Waals surface area contributed by atoms with Crippen LogP contribution in [0.15, 0.2) is 66.7 Å². The summed E-state index contributed by atoms with van der Waals surface area (Å²) in [6.45, 7) is 0.520. The van der Waals surface area contributed by atoms with Crippen molar-refractivity contribution in [3.05, 3.63) is 92.1 Å². The molecule has 3 rings (SSSR count). The molecule has 0 amide bonds. The summed E-state index contributed by atoms with van der Waals surface area (Å²) in [4.78, 5) is 12.1. The van der Waals surface area contributed by atoms with Gasteiger partial charge >= 0.3 is 0 Å². The zero-order chi connectivity index (χ0) is 17.6. The first kappa shape index (κ1) is 17.7. The number of hydrogen-bond acceptors (Lipinski definition) is 3. The minimum atomic E-state index is -0.169. The summed E-state index contributed by atoms with van der Waals surface area (Å²) in [5.74, 6) is 0.609. The second-order valence-corrected chi connectivity index (χ2v) is 7.56. The molecule has 0 radical (unpaired) electrons. The van der Waals surface area contributed by atoms with Gasteiger partial charge in [0, 0.05) is 0 Å². The molecule has 25 heavy (non-hydrogen) atoms. The van der Waals surface area contributed by atoms with Crippen molar-refractivity contribution in [1.82, 2.24) is 0 Å². The van der Waals surface area contributed by atoms with Crippen molar-refractivity contribution >= 4 is 46.4 Å². The third-order valence-corrected chi connectivity index (χ3v) is 4.97. The fourth-order valence-electron chi connectivity index (χ4n) is 2.19. The van der Waals surface area contributed by atoms with Crippen LogP contribution in [0.4, 0.5) is 0 Å². The molecule has 1 aromatic heterocycles. The predicted octanol–water partition coefficient (Wildman–Crippen LogP) is 6.53. The summed E-state index contributed by atoms with van der Waals surface area (Å²) in [5, 5.41) is 0. The van der Waals surface area contributed by atoms with Gasteiger partial charge in [0.1, 0.15) is 16.7 Å². The van der Waals surface area contributed by atoms with E-state index in [2.05, 4.69) is 0 Å². The van der Waals surface area contributed by atoms with Crippen molar-refractivity contribution in [3.8, 4) is 5.75 Å². The average Bonchev–Trinajstić information content (AvgIpc) is 2.98. The molecule has 0 N–H and O–H groups in total. The van der Waals surface area contributed by atoms with E-state index in [9.17, 15) is 4.79 Å². The van der Waals surface area contributed by atoms with E-state index in [1.165, 1.54) is 17.4 Å². The molecule has 0 saturated heterocycles. The first-order chi connectivity index (χ1) is 12.1. The largest absolute Gasteiger partial charge is 0.489 e. The van der Waals surface area contributed by atoms with Crippen LogP contribution < -0.4 is 4.74 Å². The SMILES string of the molecule is O=C(/C=C/c1ccc(OCc2ccccc2)cc1)c1cc(Cl)sc1Cl. The van der Waals surface area contributed by atoms with Gasteiger partial charge in [-0.25, -0.2) is 0 Å². The number of carbonyl (C=O) groups excluding carboxylic acids is 1. The lowest BCUT2D eigenvalue weighted by molar-refractivity contribution is 0.104. The maximum absolute atomic E-state index is 12.1. The fourth-order valence-corrected chi connectivity index (χ4v) is 3.66. The molecule has 0 saturated carbocycles. The minimum absolute atomic E-state index is 0.169. The molecule has 2 nitrogen and oxygen atoms in total. The molecule has 0 bridgehead atoms. The van der Waals surface area contributed by atoms with E-state index in [0.717, 1.165) is 16.9 Å². The molecule has 0 atom stereocenters. The first-order valence-electron chi connectivity index (χ1n) is 7.56. The predicted molar refractivity (Wildman–Crippen MR) is 105 cm³/mol. The molecule has 0 aliphatic rings. The van der Waals surface area contributed by atoms with E-state index in [0.29, 0.717) is 20.8 Å². The molecule has 0 aliphatic heterocycles. The van der Waals surface area contributed by atoms with Gasteiger partial charge in [-0.3, -0.25) is 4.79 Å². The summed E-state index contributed by atoms with van der Waals surface area (Å²) in [7, 11) is 0. The third kappa shape index (κ3) is 4.95. The molecule has 3 aromatic rings. The number of halogens is 2. The van der Waals surface area contributed by atoms with Crippen LogP contribution in [0.25, 0.3) is 6.08 Å². The van der Waals surface area contributed by atoms with Gasteiger partial charge in [-0.1, -0.05) is 71.7 Å². The monoisotopic (exact) mass is 388 g/mol. The van der Waals surface area contributed by atoms with Gasteiger partial charge < -0.3 is 4.74 Å². The molecule has 126 valence electrons. The van der Waals surface area contributed by atoms with Crippen LogP contribution in [0.1, 0.15) is 21.5 Å². The Balaban J connectivity index is 1.60. The molecule has 0 aliphatic carbocycles. The van der Waals surface area contributed by atoms with Crippen molar-refractivity contribution in [3.63, 3.8) is 0 Å². The number of allylic oxidation sites excluding steroid dienone is 1. The van der Waals surface area contributed by atoms with Crippen LogP contribution in [0.5, 0.6) is 5.75 Å². The molecule has 5 heteroatoms. The van der Waals surface area contributed by atoms with Crippen LogP contribution >= 0.6 is 34.5 Å². The number of carbonyl (C=O) groups is 1. The zero-order valence-electron chi connectivity index (χ0n) is 13.1. The molecule has 0 spiro atoms. The Morgan fingerprint density at radius 1 is 1.04 bits per heavy atom. The molecule has 1 heterocycles. The van der Waals surface area contributed by atoms with Crippen LogP contribution in [0.3, 0.4) is 0 Å². The Morgan fingerprint density at radius 2 is 1.76 bits per heavy atom. The highest BCUT2D eigenvalue weighted by Gasteiger charge is 2.11. The van der Waals surface area contributed by atoms with Crippen LogP contribution in [-0.2, 0) is 6.61 Å². The van der Waals surface area contributed by atoms with E-state index < -0.39 is 0 Å². The number of rotatable bonds is 6. The summed E-state index contributed by atoms with van der Waals surface area (Å²) >= 11 is 13.0. The van der Waals surface area contributed by atoms with Crippen molar-refractivity contribution in [2.45, 2.75) is 6.61 Å². The maximum atomic E-state index is 12.1. The number of ketones is 1. The van der Waals surface area contributed by atoms with Gasteiger partial charge in [-0.2, -0.15) is 0 Å². The van der Waals surface area contributed by atoms with Crippen molar-refractivity contribution in [2.75, 3.05) is 0 Å². The fraction of sp³-hybridized carbons (Fsp3) is 0.0500. The Bertz CT molecular complexity index is 884. The molecule has 0 fully saturated rings. The number of ether oxygens (including phenoxy) is 1. The molecule has 2 aromatic carbocycles. The zero-order valence-corrected chi connectivity index (χ0v) is 15.4. The first-order valence-corrected chi connectivity index (χ1v) is 9.13. The highest BCUT2D eigenvalue weighted by Crippen LogP contribution is 2.31. The summed E-state index contributed by atoms with van der Waals surface area (Å²) in [5.41, 5.74) is 2.44. The van der Waals surface area contributed by atoms with E-state index in [1.807, 2.05) is 54.6 Å². The lowest BCUT2D eigenvalue weighted by atomic mass is 10.1. The van der Waals surface area contributed by atoms with E-state index in [-0.39, 0.29) is 5.78 Å². The van der Waals surface area contributed by atoms with Gasteiger partial charge in [0.25, 0.3) is 0 Å². The van der Waals surface area contributed by atoms with Crippen LogP contribution in [0.2, 0.25) is 8.67 Å². The highest BCUT2D eigenvalue weighted by molar-refractivity contribution is 7.20. The molecular weight excluding hydrogens is 375 g/mol. The summed E-state index contributed by atoms with van der Waals surface area (Å²) < 4.78 is 6.65. The standard InChI is InChI=1S/C20H14Cl2O2S/c21-19-12-17(20(22)25-19)18(23)11-8-14-6-9-16(10-7-14)24-13-15-4-2-1-3-5-15/h1-12H,13H2/b11-8+. The van der Waals surface area contributed by atoms with Crippen LogP contribution in [-0.4, -0.2) is 5.78 Å². The second-order valence-electron chi connectivity index (χ2n) is 5.28. The van der Waals surface area contributed by atoms with Crippen LogP contribution in [0, 0.1) is 0 Å². The van der Waals surface area contributed by atoms with Crippen molar-refractivity contribution < 1.29 is 9.53 Å². The highest BCUT2D eigenvalue weighted by atomic mass is 35.5. The maximum Gasteiger partial charge on any atom is 0.188 e. The smallest absolute Gasteiger partial charge is 0.188 e. The summed E-state index contributed by atoms with van der Waals surface area (Å²) in [6, 6.07) is 19.1. The Labute approximate surface area is 160 Å². The van der Waals surface area contributed by atoms with Gasteiger partial charge in [-0.05, 0) is 35.4 Å². The average molecular weight is 389 g/mol. The van der Waals surface area contributed by atoms with Crippen molar-refractivity contribution in [1.29, 1.82) is 0 Å². The van der Waals surface area contributed by atoms with E-state index in [1.54, 1.807) is 12.1 Å². The minimum Gasteiger partial charge on any atom is -0.489 e. The van der Waals surface area contributed by atoms with E-state index >= 15 is 0 Å². The van der Waals surface area contributed by atoms with Gasteiger partial charge in [-0.15, -0.1) is 11.3 Å². The third-order valence-electron chi connectivity index (χ3n) is 3.48. The lowest BCUT2D eigenvalue weighted by Crippen LogP contribution is -1.94. The number of thiophene rings is 1. The number of hydrogen-bond donors (Lipinski definition) is 0. The van der Waals surface area contributed by atoms with Gasteiger partial charge in [0.2, 0.25) is 0 Å². The van der Waals surface area contributed by atoms with Gasteiger partial charge in [0.15, 0.2) is 5.78 Å². The topological polar surface area (TPSA) is 26.3 Å². The quantitative estimate of drug-likeness (QED) is 0.354. The second kappa shape index (κ2) is 8.34. The Kier molecular flexibility index (Phi) is 5.92. The van der Waals surface area contributed by atoms with E-state index in [4.69, 9.17) is 27.9 Å².